The third kappa shape index (κ3) is 2.56. The van der Waals surface area contributed by atoms with Gasteiger partial charge in [0.05, 0.1) is 5.69 Å². The zero-order valence-corrected chi connectivity index (χ0v) is 13.0. The van der Waals surface area contributed by atoms with Crippen LogP contribution in [0.1, 0.15) is 37.8 Å². The lowest BCUT2D eigenvalue weighted by atomic mass is 9.86. The Balaban J connectivity index is 2.18. The fourth-order valence-corrected chi connectivity index (χ4v) is 2.90. The monoisotopic (exact) mass is 299 g/mol. The molecule has 0 saturated carbocycles. The Bertz CT molecular complexity index is 681. The van der Waals surface area contributed by atoms with Crippen molar-refractivity contribution in [3.05, 3.63) is 64.7 Å². The van der Waals surface area contributed by atoms with Crippen molar-refractivity contribution in [2.24, 2.45) is 4.99 Å². The topological polar surface area (TPSA) is 21.6 Å². The maximum atomic E-state index is 6.27. The molecule has 0 saturated heterocycles. The summed E-state index contributed by atoms with van der Waals surface area (Å²) >= 11 is 6.18. The Kier molecular flexibility index (Phi) is 3.73. The van der Waals surface area contributed by atoms with E-state index in [4.69, 9.17) is 16.3 Å². The Labute approximate surface area is 130 Å². The molecule has 3 heteroatoms. The fourth-order valence-electron chi connectivity index (χ4n) is 2.73. The molecule has 1 aliphatic heterocycles. The van der Waals surface area contributed by atoms with Gasteiger partial charge in [-0.3, -0.25) is 0 Å². The second-order valence-electron chi connectivity index (χ2n) is 5.42. The van der Waals surface area contributed by atoms with Gasteiger partial charge in [-0.15, -0.1) is 0 Å². The second-order valence-corrected chi connectivity index (χ2v) is 5.85. The quantitative estimate of drug-likeness (QED) is 0.737. The number of fused-ring (bicyclic) bond motifs is 1. The van der Waals surface area contributed by atoms with Gasteiger partial charge in [-0.25, -0.2) is 4.99 Å². The number of hydrogen-bond acceptors (Lipinski definition) is 2. The minimum Gasteiger partial charge on any atom is -0.465 e. The molecular weight excluding hydrogens is 282 g/mol. The Morgan fingerprint density at radius 2 is 1.90 bits per heavy atom. The van der Waals surface area contributed by atoms with E-state index in [1.165, 1.54) is 0 Å². The number of halogens is 1. The highest BCUT2D eigenvalue weighted by Crippen LogP contribution is 2.43. The van der Waals surface area contributed by atoms with Crippen LogP contribution in [0.2, 0.25) is 5.02 Å². The van der Waals surface area contributed by atoms with E-state index in [2.05, 4.69) is 31.0 Å². The van der Waals surface area contributed by atoms with Crippen molar-refractivity contribution < 1.29 is 4.74 Å². The van der Waals surface area contributed by atoms with Crippen LogP contribution in [-0.4, -0.2) is 5.90 Å². The van der Waals surface area contributed by atoms with Gasteiger partial charge < -0.3 is 4.74 Å². The van der Waals surface area contributed by atoms with Gasteiger partial charge >= 0.3 is 0 Å². The lowest BCUT2D eigenvalue weighted by molar-refractivity contribution is 0.109. The van der Waals surface area contributed by atoms with E-state index in [9.17, 15) is 0 Å². The summed E-state index contributed by atoms with van der Waals surface area (Å²) in [5.74, 6) is 0.790. The molecule has 1 atom stereocenters. The van der Waals surface area contributed by atoms with Crippen molar-refractivity contribution in [2.75, 3.05) is 0 Å². The molecule has 2 nitrogen and oxygen atoms in total. The van der Waals surface area contributed by atoms with Crippen LogP contribution in [0, 0.1) is 0 Å². The summed E-state index contributed by atoms with van der Waals surface area (Å²) in [5, 5.41) is 0.702. The minimum absolute atomic E-state index is 0.548. The Morgan fingerprint density at radius 3 is 2.62 bits per heavy atom. The van der Waals surface area contributed by atoms with E-state index in [1.54, 1.807) is 0 Å². The summed E-state index contributed by atoms with van der Waals surface area (Å²) in [6, 6.07) is 16.0. The average molecular weight is 300 g/mol. The fraction of sp³-hybridized carbons (Fsp3) is 0.278. The van der Waals surface area contributed by atoms with E-state index >= 15 is 0 Å². The summed E-state index contributed by atoms with van der Waals surface area (Å²) < 4.78 is 6.27. The van der Waals surface area contributed by atoms with Gasteiger partial charge in [0.25, 0.3) is 0 Å². The van der Waals surface area contributed by atoms with E-state index in [0.717, 1.165) is 35.6 Å². The Hall–Kier alpha value is -1.80. The number of rotatable bonds is 3. The maximum Gasteiger partial charge on any atom is 0.189 e. The first kappa shape index (κ1) is 14.2. The minimum atomic E-state index is -0.548. The SMILES string of the molecule is CCCC1=Nc2ccc(Cl)cc2C(C)(c2ccccc2)O1. The van der Waals surface area contributed by atoms with Crippen molar-refractivity contribution in [3.8, 4) is 0 Å². The third-order valence-electron chi connectivity index (χ3n) is 3.83. The van der Waals surface area contributed by atoms with Gasteiger partial charge in [-0.1, -0.05) is 48.9 Å². The molecule has 1 heterocycles. The third-order valence-corrected chi connectivity index (χ3v) is 4.06. The first-order valence-electron chi connectivity index (χ1n) is 7.25. The molecule has 1 unspecified atom stereocenters. The van der Waals surface area contributed by atoms with Crippen molar-refractivity contribution in [1.82, 2.24) is 0 Å². The summed E-state index contributed by atoms with van der Waals surface area (Å²) in [6.45, 7) is 4.21. The number of hydrogen-bond donors (Lipinski definition) is 0. The molecule has 21 heavy (non-hydrogen) atoms. The highest BCUT2D eigenvalue weighted by molar-refractivity contribution is 6.30. The zero-order valence-electron chi connectivity index (χ0n) is 12.3. The zero-order chi connectivity index (χ0) is 14.9. The van der Waals surface area contributed by atoms with Crippen LogP contribution in [0.4, 0.5) is 5.69 Å². The van der Waals surface area contributed by atoms with Gasteiger partial charge in [-0.05, 0) is 37.1 Å². The molecule has 0 aromatic heterocycles. The first-order valence-corrected chi connectivity index (χ1v) is 7.63. The van der Waals surface area contributed by atoms with Crippen LogP contribution in [0.3, 0.4) is 0 Å². The molecule has 0 spiro atoms. The summed E-state index contributed by atoms with van der Waals surface area (Å²) in [6.07, 6.45) is 1.84. The van der Waals surface area contributed by atoms with Crippen LogP contribution in [0.25, 0.3) is 0 Å². The lowest BCUT2D eigenvalue weighted by Gasteiger charge is -2.36. The highest BCUT2D eigenvalue weighted by atomic mass is 35.5. The molecule has 2 aromatic carbocycles. The van der Waals surface area contributed by atoms with Crippen LogP contribution < -0.4 is 0 Å². The van der Waals surface area contributed by atoms with Gasteiger partial charge in [-0.2, -0.15) is 0 Å². The second kappa shape index (κ2) is 5.53. The highest BCUT2D eigenvalue weighted by Gasteiger charge is 2.37. The van der Waals surface area contributed by atoms with Crippen molar-refractivity contribution in [2.45, 2.75) is 32.3 Å². The molecule has 0 bridgehead atoms. The first-order chi connectivity index (χ1) is 10.1. The van der Waals surface area contributed by atoms with Crippen LogP contribution in [0.5, 0.6) is 0 Å². The number of aliphatic imine (C=N–C) groups is 1. The standard InChI is InChI=1S/C18H18ClNO/c1-3-7-17-20-16-11-10-14(19)12-15(16)18(2,21-17)13-8-5-4-6-9-13/h4-6,8-12H,3,7H2,1-2H3. The molecule has 0 fully saturated rings. The predicted molar refractivity (Wildman–Crippen MR) is 87.4 cm³/mol. The molecule has 0 N–H and O–H groups in total. The van der Waals surface area contributed by atoms with Gasteiger partial charge in [0.2, 0.25) is 0 Å². The predicted octanol–water partition coefficient (Wildman–Crippen LogP) is 5.46. The molecule has 1 aliphatic rings. The molecular formula is C18H18ClNO. The summed E-state index contributed by atoms with van der Waals surface area (Å²) in [5.41, 5.74) is 2.52. The number of ether oxygens (including phenoxy) is 1. The van der Waals surface area contributed by atoms with Gasteiger partial charge in [0.15, 0.2) is 11.5 Å². The van der Waals surface area contributed by atoms with Crippen molar-refractivity contribution >= 4 is 23.2 Å². The molecule has 3 rings (SSSR count). The van der Waals surface area contributed by atoms with Crippen LogP contribution >= 0.6 is 11.6 Å². The van der Waals surface area contributed by atoms with Gasteiger partial charge in [0, 0.05) is 17.0 Å². The number of nitrogens with zero attached hydrogens (tertiary/aromatic N) is 1. The van der Waals surface area contributed by atoms with E-state index in [0.29, 0.717) is 5.02 Å². The summed E-state index contributed by atoms with van der Waals surface area (Å²) in [4.78, 5) is 4.63. The molecule has 108 valence electrons. The van der Waals surface area contributed by atoms with Gasteiger partial charge in [0.1, 0.15) is 0 Å². The smallest absolute Gasteiger partial charge is 0.189 e. The maximum absolute atomic E-state index is 6.27. The van der Waals surface area contributed by atoms with Crippen molar-refractivity contribution in [3.63, 3.8) is 0 Å². The average Bonchev–Trinajstić information content (AvgIpc) is 2.49. The molecule has 0 amide bonds. The molecule has 2 aromatic rings. The van der Waals surface area contributed by atoms with E-state index in [-0.39, 0.29) is 0 Å². The lowest BCUT2D eigenvalue weighted by Crippen LogP contribution is -2.33. The normalized spacial score (nSPS) is 20.4. The van der Waals surface area contributed by atoms with E-state index < -0.39 is 5.60 Å². The number of benzene rings is 2. The molecule has 0 radical (unpaired) electrons. The van der Waals surface area contributed by atoms with Crippen LogP contribution in [0.15, 0.2) is 53.5 Å². The molecule has 0 aliphatic carbocycles. The van der Waals surface area contributed by atoms with Crippen LogP contribution in [-0.2, 0) is 10.3 Å². The Morgan fingerprint density at radius 1 is 1.14 bits per heavy atom. The summed E-state index contributed by atoms with van der Waals surface area (Å²) in [7, 11) is 0. The largest absolute Gasteiger partial charge is 0.465 e. The van der Waals surface area contributed by atoms with Crippen molar-refractivity contribution in [1.29, 1.82) is 0 Å². The van der Waals surface area contributed by atoms with E-state index in [1.807, 2.05) is 36.4 Å².